The summed E-state index contributed by atoms with van der Waals surface area (Å²) in [6.07, 6.45) is 1.47. The second-order valence-electron chi connectivity index (χ2n) is 3.40. The van der Waals surface area contributed by atoms with Crippen molar-refractivity contribution < 1.29 is 9.90 Å². The minimum Gasteiger partial charge on any atom is -0.475 e. The molecule has 1 aromatic heterocycles. The summed E-state index contributed by atoms with van der Waals surface area (Å²) in [4.78, 5) is 14.4. The molecule has 0 fully saturated rings. The van der Waals surface area contributed by atoms with Crippen molar-refractivity contribution in [2.75, 3.05) is 0 Å². The van der Waals surface area contributed by atoms with E-state index in [1.54, 1.807) is 0 Å². The van der Waals surface area contributed by atoms with Crippen molar-refractivity contribution in [3.63, 3.8) is 0 Å². The molecule has 1 heterocycles. The highest BCUT2D eigenvalue weighted by Gasteiger charge is 2.09. The number of carboxylic acids is 1. The number of nitrogens with zero attached hydrogens (tertiary/aromatic N) is 2. The van der Waals surface area contributed by atoms with Gasteiger partial charge in [0, 0.05) is 6.42 Å². The van der Waals surface area contributed by atoms with Crippen LogP contribution in [0.3, 0.4) is 0 Å². The van der Waals surface area contributed by atoms with Gasteiger partial charge in [-0.2, -0.15) is 0 Å². The van der Waals surface area contributed by atoms with Gasteiger partial charge in [-0.15, -0.1) is 5.10 Å². The number of rotatable bonds is 4. The third-order valence-corrected chi connectivity index (χ3v) is 2.22. The van der Waals surface area contributed by atoms with E-state index < -0.39 is 5.97 Å². The molecule has 16 heavy (non-hydrogen) atoms. The Bertz CT molecular complexity index is 479. The number of aromatic carboxylic acids is 1. The van der Waals surface area contributed by atoms with Crippen LogP contribution in [0.4, 0.5) is 0 Å². The first kappa shape index (κ1) is 10.4. The summed E-state index contributed by atoms with van der Waals surface area (Å²) in [6, 6.07) is 9.94. The fraction of sp³-hybridized carbons (Fsp3) is 0.182. The van der Waals surface area contributed by atoms with E-state index in [0.717, 1.165) is 6.42 Å². The first-order valence-electron chi connectivity index (χ1n) is 4.94. The summed E-state index contributed by atoms with van der Waals surface area (Å²) in [6.45, 7) is 0. The summed E-state index contributed by atoms with van der Waals surface area (Å²) in [7, 11) is 0. The Kier molecular flexibility index (Phi) is 2.95. The number of carbonyl (C=O) groups is 1. The Morgan fingerprint density at radius 3 is 2.62 bits per heavy atom. The fourth-order valence-corrected chi connectivity index (χ4v) is 1.41. The number of hydrogen-bond donors (Lipinski definition) is 2. The van der Waals surface area contributed by atoms with E-state index in [4.69, 9.17) is 5.11 Å². The van der Waals surface area contributed by atoms with Crippen LogP contribution in [0, 0.1) is 0 Å². The molecule has 0 aliphatic carbocycles. The van der Waals surface area contributed by atoms with Gasteiger partial charge in [0.15, 0.2) is 0 Å². The first-order valence-corrected chi connectivity index (χ1v) is 4.94. The lowest BCUT2D eigenvalue weighted by Gasteiger charge is -1.97. The quantitative estimate of drug-likeness (QED) is 0.808. The number of hydrogen-bond acceptors (Lipinski definition) is 3. The Morgan fingerprint density at radius 1 is 1.25 bits per heavy atom. The van der Waals surface area contributed by atoms with Crippen LogP contribution in [0.5, 0.6) is 0 Å². The van der Waals surface area contributed by atoms with E-state index in [9.17, 15) is 4.79 Å². The standard InChI is InChI=1S/C11H11N3O2/c15-11(16)10-12-9(13-14-10)7-6-8-4-2-1-3-5-8/h1-5H,6-7H2,(H,15,16)(H,12,13,14). The number of nitrogens with one attached hydrogen (secondary N) is 1. The summed E-state index contributed by atoms with van der Waals surface area (Å²) < 4.78 is 0. The number of H-pyrrole nitrogens is 1. The lowest BCUT2D eigenvalue weighted by Crippen LogP contribution is -1.99. The molecule has 0 spiro atoms. The predicted molar refractivity (Wildman–Crippen MR) is 57.2 cm³/mol. The van der Waals surface area contributed by atoms with E-state index >= 15 is 0 Å². The van der Waals surface area contributed by atoms with Crippen molar-refractivity contribution in [3.8, 4) is 0 Å². The van der Waals surface area contributed by atoms with Gasteiger partial charge in [-0.3, -0.25) is 5.10 Å². The molecule has 0 aliphatic rings. The third kappa shape index (κ3) is 2.44. The SMILES string of the molecule is O=C(O)c1n[nH]c(CCc2ccccc2)n1. The lowest BCUT2D eigenvalue weighted by molar-refractivity contribution is 0.0684. The van der Waals surface area contributed by atoms with E-state index in [1.165, 1.54) is 5.56 Å². The molecular formula is C11H11N3O2. The zero-order valence-corrected chi connectivity index (χ0v) is 8.55. The molecule has 1 aromatic carbocycles. The maximum absolute atomic E-state index is 10.5. The van der Waals surface area contributed by atoms with Crippen LogP contribution in [0.1, 0.15) is 22.0 Å². The molecular weight excluding hydrogens is 206 g/mol. The number of carboxylic acid groups (broad SMARTS) is 1. The molecule has 2 aromatic rings. The smallest absolute Gasteiger partial charge is 0.375 e. The highest BCUT2D eigenvalue weighted by atomic mass is 16.4. The van der Waals surface area contributed by atoms with Crippen LogP contribution in [-0.4, -0.2) is 26.3 Å². The Labute approximate surface area is 92.2 Å². The molecule has 0 aliphatic heterocycles. The number of aromatic nitrogens is 3. The molecule has 0 amide bonds. The summed E-state index contributed by atoms with van der Waals surface area (Å²) in [5.74, 6) is -0.688. The predicted octanol–water partition coefficient (Wildman–Crippen LogP) is 1.29. The van der Waals surface area contributed by atoms with Crippen LogP contribution in [0.15, 0.2) is 30.3 Å². The average molecular weight is 217 g/mol. The van der Waals surface area contributed by atoms with Gasteiger partial charge in [0.1, 0.15) is 5.82 Å². The van der Waals surface area contributed by atoms with Crippen molar-refractivity contribution in [2.24, 2.45) is 0 Å². The van der Waals surface area contributed by atoms with Crippen LogP contribution in [0.25, 0.3) is 0 Å². The monoisotopic (exact) mass is 217 g/mol. The van der Waals surface area contributed by atoms with Gasteiger partial charge in [-0.25, -0.2) is 9.78 Å². The zero-order chi connectivity index (χ0) is 11.4. The number of aromatic amines is 1. The number of benzene rings is 1. The minimum atomic E-state index is -1.11. The van der Waals surface area contributed by atoms with Gasteiger partial charge in [-0.1, -0.05) is 30.3 Å². The normalized spacial score (nSPS) is 10.2. The van der Waals surface area contributed by atoms with Crippen LogP contribution < -0.4 is 0 Å². The highest BCUT2D eigenvalue weighted by Crippen LogP contribution is 2.03. The fourth-order valence-electron chi connectivity index (χ4n) is 1.41. The van der Waals surface area contributed by atoms with Gasteiger partial charge in [0.25, 0.3) is 5.82 Å². The van der Waals surface area contributed by atoms with Crippen molar-refractivity contribution in [1.29, 1.82) is 0 Å². The molecule has 5 nitrogen and oxygen atoms in total. The minimum absolute atomic E-state index is 0.178. The average Bonchev–Trinajstić information content (AvgIpc) is 2.76. The molecule has 2 rings (SSSR count). The van der Waals surface area contributed by atoms with E-state index in [1.807, 2.05) is 30.3 Å². The molecule has 5 heteroatoms. The van der Waals surface area contributed by atoms with E-state index in [0.29, 0.717) is 12.2 Å². The van der Waals surface area contributed by atoms with Gasteiger partial charge >= 0.3 is 5.97 Å². The molecule has 0 atom stereocenters. The van der Waals surface area contributed by atoms with Gasteiger partial charge in [-0.05, 0) is 12.0 Å². The van der Waals surface area contributed by atoms with Crippen LogP contribution >= 0.6 is 0 Å². The topological polar surface area (TPSA) is 78.9 Å². The Balaban J connectivity index is 1.97. The highest BCUT2D eigenvalue weighted by molar-refractivity contribution is 5.82. The molecule has 2 N–H and O–H groups in total. The van der Waals surface area contributed by atoms with Crippen molar-refractivity contribution in [2.45, 2.75) is 12.8 Å². The lowest BCUT2D eigenvalue weighted by atomic mass is 10.1. The van der Waals surface area contributed by atoms with Crippen LogP contribution in [0.2, 0.25) is 0 Å². The maximum Gasteiger partial charge on any atom is 0.375 e. The molecule has 0 bridgehead atoms. The van der Waals surface area contributed by atoms with E-state index in [2.05, 4.69) is 15.2 Å². The largest absolute Gasteiger partial charge is 0.475 e. The van der Waals surface area contributed by atoms with Gasteiger partial charge in [0.2, 0.25) is 0 Å². The molecule has 0 saturated carbocycles. The van der Waals surface area contributed by atoms with Crippen molar-refractivity contribution in [1.82, 2.24) is 15.2 Å². The maximum atomic E-state index is 10.5. The third-order valence-electron chi connectivity index (χ3n) is 2.22. The number of aryl methyl sites for hydroxylation is 2. The second kappa shape index (κ2) is 4.57. The van der Waals surface area contributed by atoms with E-state index in [-0.39, 0.29) is 5.82 Å². The van der Waals surface area contributed by atoms with Gasteiger partial charge < -0.3 is 5.11 Å². The first-order chi connectivity index (χ1) is 7.75. The molecule has 0 unspecified atom stereocenters. The van der Waals surface area contributed by atoms with Crippen molar-refractivity contribution in [3.05, 3.63) is 47.5 Å². The zero-order valence-electron chi connectivity index (χ0n) is 8.55. The summed E-state index contributed by atoms with van der Waals surface area (Å²) >= 11 is 0. The Morgan fingerprint density at radius 2 is 2.00 bits per heavy atom. The molecule has 0 saturated heterocycles. The van der Waals surface area contributed by atoms with Crippen LogP contribution in [-0.2, 0) is 12.8 Å². The van der Waals surface area contributed by atoms with Gasteiger partial charge in [0.05, 0.1) is 0 Å². The summed E-state index contributed by atoms with van der Waals surface area (Å²) in [5.41, 5.74) is 1.19. The second-order valence-corrected chi connectivity index (χ2v) is 3.40. The molecule has 82 valence electrons. The molecule has 0 radical (unpaired) electrons. The summed E-state index contributed by atoms with van der Waals surface area (Å²) in [5, 5.41) is 14.8. The van der Waals surface area contributed by atoms with Crippen molar-refractivity contribution >= 4 is 5.97 Å². The Hall–Kier alpha value is -2.17.